The molecule has 2 heterocycles. The lowest BCUT2D eigenvalue weighted by atomic mass is 9.80. The van der Waals surface area contributed by atoms with E-state index in [0.29, 0.717) is 38.1 Å². The fourth-order valence-corrected chi connectivity index (χ4v) is 2.21. The van der Waals surface area contributed by atoms with Crippen molar-refractivity contribution in [2.75, 3.05) is 26.4 Å². The van der Waals surface area contributed by atoms with Crippen LogP contribution in [0.4, 0.5) is 0 Å². The zero-order valence-corrected chi connectivity index (χ0v) is 11.0. The molecule has 0 amide bonds. The second kappa shape index (κ2) is 5.77. The van der Waals surface area contributed by atoms with Crippen LogP contribution in [-0.2, 0) is 14.9 Å². The fraction of sp³-hybridized carbons (Fsp3) is 0.833. The second-order valence-electron chi connectivity index (χ2n) is 4.65. The van der Waals surface area contributed by atoms with Gasteiger partial charge < -0.3 is 19.7 Å². The Bertz CT molecular complexity index is 374. The van der Waals surface area contributed by atoms with Crippen LogP contribution in [0.5, 0.6) is 0 Å². The minimum atomic E-state index is -0.227. The van der Waals surface area contributed by atoms with Gasteiger partial charge in [0.25, 0.3) is 0 Å². The Balaban J connectivity index is 2.16. The van der Waals surface area contributed by atoms with Crippen molar-refractivity contribution >= 4 is 0 Å². The smallest absolute Gasteiger partial charge is 0.234 e. The molecule has 1 aromatic heterocycles. The molecule has 0 bridgehead atoms. The number of nitrogens with zero attached hydrogens (tertiary/aromatic N) is 2. The van der Waals surface area contributed by atoms with Gasteiger partial charge in [0.15, 0.2) is 5.82 Å². The minimum Gasteiger partial charge on any atom is -0.381 e. The maximum absolute atomic E-state index is 5.90. The van der Waals surface area contributed by atoms with Crippen LogP contribution < -0.4 is 5.73 Å². The standard InChI is InChI=1S/C12H21N3O3/c1-3-17-9(2)10-14-11(18-15-10)12(8-13)4-6-16-7-5-12/h9H,3-8,13H2,1-2H3. The maximum Gasteiger partial charge on any atom is 0.234 e. The van der Waals surface area contributed by atoms with E-state index < -0.39 is 0 Å². The molecule has 1 unspecified atom stereocenters. The number of hydrogen-bond donors (Lipinski definition) is 1. The molecule has 6 heteroatoms. The third-order valence-corrected chi connectivity index (χ3v) is 3.52. The second-order valence-corrected chi connectivity index (χ2v) is 4.65. The van der Waals surface area contributed by atoms with E-state index in [9.17, 15) is 0 Å². The summed E-state index contributed by atoms with van der Waals surface area (Å²) in [5.41, 5.74) is 5.67. The van der Waals surface area contributed by atoms with E-state index in [4.69, 9.17) is 19.7 Å². The molecule has 1 atom stereocenters. The maximum atomic E-state index is 5.90. The molecule has 102 valence electrons. The quantitative estimate of drug-likeness (QED) is 0.850. The van der Waals surface area contributed by atoms with Gasteiger partial charge in [-0.25, -0.2) is 0 Å². The van der Waals surface area contributed by atoms with Crippen molar-refractivity contribution < 1.29 is 14.0 Å². The monoisotopic (exact) mass is 255 g/mol. The fourth-order valence-electron chi connectivity index (χ4n) is 2.21. The first-order valence-electron chi connectivity index (χ1n) is 6.45. The Morgan fingerprint density at radius 3 is 2.78 bits per heavy atom. The van der Waals surface area contributed by atoms with E-state index in [0.717, 1.165) is 12.8 Å². The summed E-state index contributed by atoms with van der Waals surface area (Å²) in [6, 6.07) is 0. The molecule has 0 spiro atoms. The largest absolute Gasteiger partial charge is 0.381 e. The van der Waals surface area contributed by atoms with Crippen molar-refractivity contribution in [3.05, 3.63) is 11.7 Å². The van der Waals surface area contributed by atoms with Gasteiger partial charge in [-0.2, -0.15) is 4.98 Å². The lowest BCUT2D eigenvalue weighted by molar-refractivity contribution is 0.0408. The van der Waals surface area contributed by atoms with Crippen molar-refractivity contribution in [3.63, 3.8) is 0 Å². The highest BCUT2D eigenvalue weighted by Crippen LogP contribution is 2.33. The first kappa shape index (κ1) is 13.5. The van der Waals surface area contributed by atoms with Crippen molar-refractivity contribution in [3.8, 4) is 0 Å². The number of ether oxygens (including phenoxy) is 2. The van der Waals surface area contributed by atoms with Crippen molar-refractivity contribution in [2.24, 2.45) is 5.73 Å². The zero-order chi connectivity index (χ0) is 13.0. The molecule has 0 aromatic carbocycles. The van der Waals surface area contributed by atoms with Crippen LogP contribution in [0.3, 0.4) is 0 Å². The normalized spacial score (nSPS) is 20.8. The Morgan fingerprint density at radius 1 is 1.44 bits per heavy atom. The Labute approximate surface area is 107 Å². The summed E-state index contributed by atoms with van der Waals surface area (Å²) >= 11 is 0. The van der Waals surface area contributed by atoms with Crippen molar-refractivity contribution in [1.82, 2.24) is 10.1 Å². The van der Waals surface area contributed by atoms with E-state index in [1.807, 2.05) is 13.8 Å². The van der Waals surface area contributed by atoms with Crippen LogP contribution >= 0.6 is 0 Å². The van der Waals surface area contributed by atoms with E-state index >= 15 is 0 Å². The molecule has 1 fully saturated rings. The molecule has 1 saturated heterocycles. The van der Waals surface area contributed by atoms with Gasteiger partial charge in [0.2, 0.25) is 5.89 Å². The summed E-state index contributed by atoms with van der Waals surface area (Å²) in [5.74, 6) is 1.21. The lowest BCUT2D eigenvalue weighted by Gasteiger charge is -2.32. The molecular weight excluding hydrogens is 234 g/mol. The molecule has 0 saturated carbocycles. The van der Waals surface area contributed by atoms with E-state index in [2.05, 4.69) is 10.1 Å². The summed E-state index contributed by atoms with van der Waals surface area (Å²) in [5, 5.41) is 4.00. The van der Waals surface area contributed by atoms with Gasteiger partial charge in [0.05, 0.1) is 5.41 Å². The first-order valence-corrected chi connectivity index (χ1v) is 6.45. The van der Waals surface area contributed by atoms with Gasteiger partial charge in [-0.05, 0) is 26.7 Å². The van der Waals surface area contributed by atoms with E-state index in [1.54, 1.807) is 0 Å². The average molecular weight is 255 g/mol. The van der Waals surface area contributed by atoms with Crippen LogP contribution in [0.2, 0.25) is 0 Å². The molecule has 0 aliphatic carbocycles. The molecular formula is C12H21N3O3. The molecule has 2 rings (SSSR count). The summed E-state index contributed by atoms with van der Waals surface area (Å²) in [6.07, 6.45) is 1.50. The Morgan fingerprint density at radius 2 is 2.17 bits per heavy atom. The summed E-state index contributed by atoms with van der Waals surface area (Å²) < 4.78 is 16.2. The zero-order valence-electron chi connectivity index (χ0n) is 11.0. The van der Waals surface area contributed by atoms with Gasteiger partial charge in [-0.1, -0.05) is 5.16 Å². The molecule has 6 nitrogen and oxygen atoms in total. The predicted octanol–water partition coefficient (Wildman–Crippen LogP) is 1.17. The number of aromatic nitrogens is 2. The SMILES string of the molecule is CCOC(C)c1noc(C2(CN)CCOCC2)n1. The third kappa shape index (κ3) is 2.55. The molecule has 1 aromatic rings. The summed E-state index contributed by atoms with van der Waals surface area (Å²) in [6.45, 7) is 6.36. The summed E-state index contributed by atoms with van der Waals surface area (Å²) in [7, 11) is 0. The van der Waals surface area contributed by atoms with Crippen LogP contribution in [0, 0.1) is 0 Å². The van der Waals surface area contributed by atoms with Gasteiger partial charge in [-0.3, -0.25) is 0 Å². The summed E-state index contributed by atoms with van der Waals surface area (Å²) in [4.78, 5) is 4.46. The molecule has 2 N–H and O–H groups in total. The van der Waals surface area contributed by atoms with Gasteiger partial charge in [0, 0.05) is 26.4 Å². The third-order valence-electron chi connectivity index (χ3n) is 3.52. The number of hydrogen-bond acceptors (Lipinski definition) is 6. The topological polar surface area (TPSA) is 83.4 Å². The highest BCUT2D eigenvalue weighted by atomic mass is 16.5. The van der Waals surface area contributed by atoms with Crippen LogP contribution in [0.15, 0.2) is 4.52 Å². The van der Waals surface area contributed by atoms with Gasteiger partial charge in [0.1, 0.15) is 6.10 Å². The highest BCUT2D eigenvalue weighted by molar-refractivity contribution is 5.08. The molecule has 1 aliphatic rings. The number of rotatable bonds is 5. The molecule has 18 heavy (non-hydrogen) atoms. The average Bonchev–Trinajstić information content (AvgIpc) is 2.90. The minimum absolute atomic E-state index is 0.151. The lowest BCUT2D eigenvalue weighted by Crippen LogP contribution is -2.41. The van der Waals surface area contributed by atoms with Crippen LogP contribution in [0.25, 0.3) is 0 Å². The highest BCUT2D eigenvalue weighted by Gasteiger charge is 2.38. The van der Waals surface area contributed by atoms with Crippen LogP contribution in [0.1, 0.15) is 44.5 Å². The van der Waals surface area contributed by atoms with Crippen LogP contribution in [-0.4, -0.2) is 36.5 Å². The van der Waals surface area contributed by atoms with E-state index in [1.165, 1.54) is 0 Å². The Hall–Kier alpha value is -0.980. The first-order chi connectivity index (χ1) is 8.72. The van der Waals surface area contributed by atoms with Gasteiger partial charge >= 0.3 is 0 Å². The van der Waals surface area contributed by atoms with Crippen molar-refractivity contribution in [2.45, 2.75) is 38.2 Å². The van der Waals surface area contributed by atoms with E-state index in [-0.39, 0.29) is 11.5 Å². The molecule has 0 radical (unpaired) electrons. The Kier molecular flexibility index (Phi) is 4.31. The van der Waals surface area contributed by atoms with Gasteiger partial charge in [-0.15, -0.1) is 0 Å². The van der Waals surface area contributed by atoms with Crippen molar-refractivity contribution in [1.29, 1.82) is 0 Å². The number of nitrogens with two attached hydrogens (primary N) is 1. The molecule has 1 aliphatic heterocycles. The predicted molar refractivity (Wildman–Crippen MR) is 65.1 cm³/mol.